The lowest BCUT2D eigenvalue weighted by Gasteiger charge is -2.22. The van der Waals surface area contributed by atoms with Crippen LogP contribution in [0.2, 0.25) is 0 Å². The maximum Gasteiger partial charge on any atom is 0.407 e. The molecule has 1 heterocycles. The summed E-state index contributed by atoms with van der Waals surface area (Å²) in [6, 6.07) is 3.51. The largest absolute Gasteiger partial charge is 0.446 e. The van der Waals surface area contributed by atoms with Crippen LogP contribution in [0.3, 0.4) is 0 Å². The number of carbonyl (C=O) groups is 1. The van der Waals surface area contributed by atoms with Crippen LogP contribution in [0.5, 0.6) is 0 Å². The molecular weight excluding hydrogens is 332 g/mol. The van der Waals surface area contributed by atoms with Gasteiger partial charge in [-0.3, -0.25) is 0 Å². The minimum Gasteiger partial charge on any atom is -0.446 e. The summed E-state index contributed by atoms with van der Waals surface area (Å²) in [6.07, 6.45) is 5.65. The number of nitrogens with two attached hydrogens (primary N) is 1. The molecule has 1 saturated carbocycles. The van der Waals surface area contributed by atoms with E-state index in [0.717, 1.165) is 24.8 Å². The molecule has 1 fully saturated rings. The highest BCUT2D eigenvalue weighted by Crippen LogP contribution is 2.33. The predicted octanol–water partition coefficient (Wildman–Crippen LogP) is 2.61. The Hall–Kier alpha value is -2.48. The van der Waals surface area contributed by atoms with Crippen LogP contribution in [0.25, 0.3) is 0 Å². The van der Waals surface area contributed by atoms with Crippen LogP contribution in [-0.4, -0.2) is 33.8 Å². The lowest BCUT2D eigenvalue weighted by molar-refractivity contribution is 0.0930. The molecule has 2 rings (SSSR count). The third kappa shape index (κ3) is 6.44. The quantitative estimate of drug-likeness (QED) is 0.329. The molecule has 8 heteroatoms. The van der Waals surface area contributed by atoms with Crippen LogP contribution in [0.1, 0.15) is 47.0 Å². The number of hydrogen-bond acceptors (Lipinski definition) is 6. The van der Waals surface area contributed by atoms with E-state index in [1.54, 1.807) is 18.3 Å². The van der Waals surface area contributed by atoms with Gasteiger partial charge in [-0.15, -0.1) is 5.10 Å². The molecule has 0 aromatic carbocycles. The maximum absolute atomic E-state index is 11.9. The number of nitrogens with zero attached hydrogens (tertiary/aromatic N) is 3. The second kappa shape index (κ2) is 8.75. The number of ether oxygens (including phenoxy) is 1. The Bertz CT molecular complexity index is 666. The van der Waals surface area contributed by atoms with Gasteiger partial charge in [0.1, 0.15) is 11.9 Å². The Balaban J connectivity index is 1.95. The van der Waals surface area contributed by atoms with E-state index in [2.05, 4.69) is 25.9 Å². The average Bonchev–Trinajstić information content (AvgIpc) is 3.01. The van der Waals surface area contributed by atoms with Gasteiger partial charge in [0.15, 0.2) is 5.82 Å². The minimum absolute atomic E-state index is 0.0723. The molecule has 26 heavy (non-hydrogen) atoms. The molecule has 0 radical (unpaired) electrons. The average molecular weight is 360 g/mol. The van der Waals surface area contributed by atoms with Crippen LogP contribution in [0.4, 0.5) is 10.6 Å². The molecule has 1 aliphatic carbocycles. The third-order valence-electron chi connectivity index (χ3n) is 4.08. The number of alkyl carbamates (subject to hydrolysis) is 1. The summed E-state index contributed by atoms with van der Waals surface area (Å²) >= 11 is 0. The third-order valence-corrected chi connectivity index (χ3v) is 4.08. The van der Waals surface area contributed by atoms with Crippen molar-refractivity contribution in [3.63, 3.8) is 0 Å². The van der Waals surface area contributed by atoms with E-state index in [0.29, 0.717) is 17.6 Å². The van der Waals surface area contributed by atoms with Crippen molar-refractivity contribution in [1.29, 1.82) is 0 Å². The first kappa shape index (κ1) is 19.8. The number of allylic oxidation sites excluding steroid dienone is 1. The van der Waals surface area contributed by atoms with Gasteiger partial charge in [0, 0.05) is 11.7 Å². The molecule has 0 unspecified atom stereocenters. The Morgan fingerprint density at radius 2 is 2.19 bits per heavy atom. The number of amides is 1. The van der Waals surface area contributed by atoms with E-state index in [4.69, 9.17) is 10.6 Å². The van der Waals surface area contributed by atoms with Crippen LogP contribution in [0.15, 0.2) is 35.0 Å². The number of carbonyl (C=O) groups excluding carboxylic acids is 1. The summed E-state index contributed by atoms with van der Waals surface area (Å²) in [7, 11) is 0. The number of aliphatic imine (C=N–C) groups is 1. The zero-order chi connectivity index (χ0) is 19.2. The van der Waals surface area contributed by atoms with Gasteiger partial charge in [0.25, 0.3) is 0 Å². The molecule has 1 aromatic heterocycles. The van der Waals surface area contributed by atoms with E-state index in [1.165, 1.54) is 0 Å². The normalized spacial score (nSPS) is 21.4. The SMILES string of the molecule is C/C(=C\C(=Nc1cccnn1)NN)[C@H]1CC[C@@H](OC(=O)NC(C)(C)C)C1. The van der Waals surface area contributed by atoms with Gasteiger partial charge in [-0.25, -0.2) is 15.6 Å². The summed E-state index contributed by atoms with van der Waals surface area (Å²) in [5, 5.41) is 10.5. The molecule has 1 aliphatic rings. The topological polar surface area (TPSA) is 115 Å². The molecule has 142 valence electrons. The maximum atomic E-state index is 11.9. The Morgan fingerprint density at radius 1 is 1.42 bits per heavy atom. The molecule has 8 nitrogen and oxygen atoms in total. The first-order valence-corrected chi connectivity index (χ1v) is 8.77. The zero-order valence-corrected chi connectivity index (χ0v) is 15.8. The molecule has 0 saturated heterocycles. The van der Waals surface area contributed by atoms with Gasteiger partial charge in [-0.05, 0) is 71.1 Å². The standard InChI is InChI=1S/C18H28N6O2/c1-12(10-16(23-19)21-15-6-5-9-20-24-15)13-7-8-14(11-13)26-17(25)22-18(2,3)4/h5-6,9-10,13-14H,7-8,11,19H2,1-4H3,(H,22,25)(H,21,23,24)/b12-10+/t13-,14+/m0/s1. The summed E-state index contributed by atoms with van der Waals surface area (Å²) in [4.78, 5) is 16.2. The summed E-state index contributed by atoms with van der Waals surface area (Å²) < 4.78 is 5.53. The van der Waals surface area contributed by atoms with Crippen molar-refractivity contribution >= 4 is 17.7 Å². The molecule has 0 bridgehead atoms. The van der Waals surface area contributed by atoms with Crippen LogP contribution in [0, 0.1) is 5.92 Å². The van der Waals surface area contributed by atoms with Gasteiger partial charge in [-0.2, -0.15) is 5.10 Å². The molecule has 4 N–H and O–H groups in total. The van der Waals surface area contributed by atoms with E-state index >= 15 is 0 Å². The molecule has 1 amide bonds. The Kier molecular flexibility index (Phi) is 6.68. The van der Waals surface area contributed by atoms with Crippen LogP contribution < -0.4 is 16.6 Å². The fourth-order valence-electron chi connectivity index (χ4n) is 2.86. The lowest BCUT2D eigenvalue weighted by Crippen LogP contribution is -2.42. The summed E-state index contributed by atoms with van der Waals surface area (Å²) in [5.41, 5.74) is 3.41. The second-order valence-corrected chi connectivity index (χ2v) is 7.52. The molecular formula is C18H28N6O2. The highest BCUT2D eigenvalue weighted by molar-refractivity contribution is 5.94. The van der Waals surface area contributed by atoms with Crippen molar-refractivity contribution in [3.8, 4) is 0 Å². The Morgan fingerprint density at radius 3 is 2.81 bits per heavy atom. The number of hydrogen-bond donors (Lipinski definition) is 3. The first-order chi connectivity index (χ1) is 12.3. The zero-order valence-electron chi connectivity index (χ0n) is 15.8. The highest BCUT2D eigenvalue weighted by atomic mass is 16.6. The number of amidine groups is 1. The van der Waals surface area contributed by atoms with E-state index < -0.39 is 0 Å². The van der Waals surface area contributed by atoms with E-state index in [9.17, 15) is 4.79 Å². The summed E-state index contributed by atoms with van der Waals surface area (Å²) in [5.74, 6) is 6.88. The van der Waals surface area contributed by atoms with Gasteiger partial charge < -0.3 is 15.5 Å². The predicted molar refractivity (Wildman–Crippen MR) is 101 cm³/mol. The van der Waals surface area contributed by atoms with Crippen molar-refractivity contribution in [2.24, 2.45) is 16.8 Å². The monoisotopic (exact) mass is 360 g/mol. The first-order valence-electron chi connectivity index (χ1n) is 8.77. The van der Waals surface area contributed by atoms with Crippen molar-refractivity contribution in [2.75, 3.05) is 0 Å². The number of hydrazine groups is 1. The smallest absolute Gasteiger partial charge is 0.407 e. The Labute approximate surface area is 154 Å². The second-order valence-electron chi connectivity index (χ2n) is 7.52. The van der Waals surface area contributed by atoms with Crippen molar-refractivity contribution < 1.29 is 9.53 Å². The minimum atomic E-state index is -0.363. The molecule has 0 aliphatic heterocycles. The molecule has 2 atom stereocenters. The lowest BCUT2D eigenvalue weighted by atomic mass is 9.98. The van der Waals surface area contributed by atoms with Crippen molar-refractivity contribution in [3.05, 3.63) is 30.0 Å². The van der Waals surface area contributed by atoms with Gasteiger partial charge in [0.2, 0.25) is 0 Å². The van der Waals surface area contributed by atoms with Crippen molar-refractivity contribution in [1.82, 2.24) is 20.9 Å². The summed E-state index contributed by atoms with van der Waals surface area (Å²) in [6.45, 7) is 7.81. The molecule has 1 aromatic rings. The van der Waals surface area contributed by atoms with Crippen LogP contribution >= 0.6 is 0 Å². The van der Waals surface area contributed by atoms with Gasteiger partial charge >= 0.3 is 6.09 Å². The number of aromatic nitrogens is 2. The van der Waals surface area contributed by atoms with Crippen LogP contribution in [-0.2, 0) is 4.74 Å². The van der Waals surface area contributed by atoms with E-state index in [-0.39, 0.29) is 17.7 Å². The van der Waals surface area contributed by atoms with E-state index in [1.807, 2.05) is 33.8 Å². The number of rotatable bonds is 4. The highest BCUT2D eigenvalue weighted by Gasteiger charge is 2.29. The fourth-order valence-corrected chi connectivity index (χ4v) is 2.86. The van der Waals surface area contributed by atoms with Gasteiger partial charge in [0.05, 0.1) is 0 Å². The molecule has 0 spiro atoms. The fraction of sp³-hybridized carbons (Fsp3) is 0.556. The number of nitrogens with one attached hydrogen (secondary N) is 2. The van der Waals surface area contributed by atoms with Crippen molar-refractivity contribution in [2.45, 2.75) is 58.6 Å². The van der Waals surface area contributed by atoms with Gasteiger partial charge in [-0.1, -0.05) is 5.57 Å².